The quantitative estimate of drug-likeness (QED) is 0.705. The Balaban J connectivity index is 3.30. The molecule has 0 fully saturated rings. The lowest BCUT2D eigenvalue weighted by Gasteiger charge is -2.14. The van der Waals surface area contributed by atoms with Crippen LogP contribution >= 0.6 is 12.2 Å². The summed E-state index contributed by atoms with van der Waals surface area (Å²) in [5.41, 5.74) is 5.77. The van der Waals surface area contributed by atoms with Gasteiger partial charge in [-0.3, -0.25) is 4.72 Å². The van der Waals surface area contributed by atoms with E-state index in [1.807, 2.05) is 0 Å². The van der Waals surface area contributed by atoms with Crippen LogP contribution in [0.25, 0.3) is 0 Å². The van der Waals surface area contributed by atoms with Gasteiger partial charge < -0.3 is 10.5 Å². The first-order valence-corrected chi connectivity index (χ1v) is 9.33. The Kier molecular flexibility index (Phi) is 4.95. The van der Waals surface area contributed by atoms with Crippen molar-refractivity contribution in [2.75, 3.05) is 23.2 Å². The number of anilines is 1. The van der Waals surface area contributed by atoms with Crippen LogP contribution in [0.15, 0.2) is 18.2 Å². The summed E-state index contributed by atoms with van der Waals surface area (Å²) in [6, 6.07) is 4.59. The summed E-state index contributed by atoms with van der Waals surface area (Å²) in [7, 11) is -6.48. The Bertz CT molecular complexity index is 725. The van der Waals surface area contributed by atoms with Crippen molar-refractivity contribution in [3.05, 3.63) is 23.8 Å². The number of nitrogens with two attached hydrogens (primary N) is 1. The van der Waals surface area contributed by atoms with E-state index in [1.165, 1.54) is 19.2 Å². The molecule has 0 saturated heterocycles. The second kappa shape index (κ2) is 5.94. The highest BCUT2D eigenvalue weighted by molar-refractivity contribution is 8.08. The van der Waals surface area contributed by atoms with Gasteiger partial charge >= 0.3 is 0 Å². The second-order valence-electron chi connectivity index (χ2n) is 4.01. The maximum absolute atomic E-state index is 11.8. The third kappa shape index (κ3) is 4.62. The van der Waals surface area contributed by atoms with E-state index in [9.17, 15) is 16.8 Å². The fourth-order valence-corrected chi connectivity index (χ4v) is 4.66. The van der Waals surface area contributed by atoms with Gasteiger partial charge in [0.15, 0.2) is 14.9 Å². The summed E-state index contributed by atoms with van der Waals surface area (Å²) in [6.45, 7) is 0. The summed E-state index contributed by atoms with van der Waals surface area (Å²) in [5, 5.41) is -1.05. The van der Waals surface area contributed by atoms with Gasteiger partial charge in [0.25, 0.3) is 0 Å². The first-order chi connectivity index (χ1) is 9.06. The van der Waals surface area contributed by atoms with Crippen LogP contribution in [0.4, 0.5) is 5.69 Å². The fraction of sp³-hybridized carbons (Fsp3) is 0.300. The minimum absolute atomic E-state index is 0.0196. The van der Waals surface area contributed by atoms with Crippen molar-refractivity contribution in [3.8, 4) is 5.75 Å². The van der Waals surface area contributed by atoms with E-state index < -0.39 is 24.9 Å². The maximum atomic E-state index is 11.8. The van der Waals surface area contributed by atoms with Crippen molar-refractivity contribution >= 4 is 42.8 Å². The number of rotatable bonds is 6. The van der Waals surface area contributed by atoms with Gasteiger partial charge in [0, 0.05) is 11.8 Å². The van der Waals surface area contributed by atoms with Gasteiger partial charge in [-0.2, -0.15) is 0 Å². The summed E-state index contributed by atoms with van der Waals surface area (Å²) in [5.74, 6) is 0.187. The maximum Gasteiger partial charge on any atom is 0.247 e. The van der Waals surface area contributed by atoms with Gasteiger partial charge in [-0.1, -0.05) is 18.3 Å². The van der Waals surface area contributed by atoms with E-state index in [4.69, 9.17) is 22.7 Å². The van der Waals surface area contributed by atoms with Crippen LogP contribution < -0.4 is 15.2 Å². The normalized spacial score (nSPS) is 11.9. The van der Waals surface area contributed by atoms with E-state index in [0.717, 1.165) is 6.26 Å². The highest BCUT2D eigenvalue weighted by Crippen LogP contribution is 2.29. The molecule has 1 aromatic carbocycles. The molecule has 0 aliphatic carbocycles. The largest absolute Gasteiger partial charge is 0.495 e. The highest BCUT2D eigenvalue weighted by atomic mass is 32.3. The molecule has 3 N–H and O–H groups in total. The van der Waals surface area contributed by atoms with Crippen LogP contribution in [0.2, 0.25) is 0 Å². The minimum Gasteiger partial charge on any atom is -0.495 e. The summed E-state index contributed by atoms with van der Waals surface area (Å²) < 4.78 is 53.0. The average Bonchev–Trinajstić information content (AvgIpc) is 2.24. The smallest absolute Gasteiger partial charge is 0.247 e. The Labute approximate surface area is 123 Å². The van der Waals surface area contributed by atoms with Crippen molar-refractivity contribution in [1.29, 1.82) is 0 Å². The third-order valence-corrected chi connectivity index (χ3v) is 5.83. The molecule has 112 valence electrons. The molecular weight excluding hydrogens is 324 g/mol. The van der Waals surface area contributed by atoms with Crippen LogP contribution in [0.5, 0.6) is 5.75 Å². The van der Waals surface area contributed by atoms with E-state index in [0.29, 0.717) is 0 Å². The number of nitrogens with one attached hydrogen (secondary N) is 1. The molecule has 0 atom stereocenters. The van der Waals surface area contributed by atoms with Crippen molar-refractivity contribution < 1.29 is 21.6 Å². The lowest BCUT2D eigenvalue weighted by Crippen LogP contribution is -2.24. The molecule has 0 bridgehead atoms. The van der Waals surface area contributed by atoms with Crippen LogP contribution in [0, 0.1) is 0 Å². The number of ether oxygens (including phenoxy) is 1. The molecule has 10 heteroatoms. The number of hydrogen-bond acceptors (Lipinski definition) is 6. The first-order valence-electron chi connectivity index (χ1n) is 5.21. The zero-order valence-electron chi connectivity index (χ0n) is 10.8. The van der Waals surface area contributed by atoms with Crippen molar-refractivity contribution in [2.24, 2.45) is 5.73 Å². The third-order valence-electron chi connectivity index (χ3n) is 2.14. The predicted octanol–water partition coefficient (Wildman–Crippen LogP) is 0.0732. The molecule has 0 aromatic heterocycles. The van der Waals surface area contributed by atoms with Crippen LogP contribution in [0.1, 0.15) is 5.56 Å². The monoisotopic (exact) mass is 338 g/mol. The zero-order chi connectivity index (χ0) is 15.6. The van der Waals surface area contributed by atoms with Gasteiger partial charge in [-0.25, -0.2) is 16.8 Å². The molecule has 1 rings (SSSR count). The molecule has 0 aliphatic rings. The van der Waals surface area contributed by atoms with Crippen molar-refractivity contribution in [1.82, 2.24) is 0 Å². The summed E-state index contributed by atoms with van der Waals surface area (Å²) in [4.78, 5) is -0.0408. The molecule has 0 radical (unpaired) electrons. The van der Waals surface area contributed by atoms with Gasteiger partial charge in [0.05, 0.1) is 7.11 Å². The Morgan fingerprint density at radius 1 is 1.35 bits per heavy atom. The molecular formula is C10H14N2O5S3. The second-order valence-corrected chi connectivity index (χ2v) is 8.68. The molecule has 0 spiro atoms. The highest BCUT2D eigenvalue weighted by Gasteiger charge is 2.22. The van der Waals surface area contributed by atoms with Gasteiger partial charge in [-0.15, -0.1) is 0 Å². The lowest BCUT2D eigenvalue weighted by molar-refractivity contribution is 0.417. The predicted molar refractivity (Wildman–Crippen MR) is 81.1 cm³/mol. The van der Waals surface area contributed by atoms with E-state index in [1.54, 1.807) is 6.07 Å². The van der Waals surface area contributed by atoms with Gasteiger partial charge in [-0.05, 0) is 12.1 Å². The van der Waals surface area contributed by atoms with Crippen LogP contribution in [-0.2, 0) is 19.9 Å². The number of para-hydroxylation sites is 1. The SMILES string of the molecule is COc1cccc(C(N)=S)c1NS(=O)(=O)CS(C)(=O)=O. The topological polar surface area (TPSA) is 116 Å². The molecule has 0 saturated carbocycles. The van der Waals surface area contributed by atoms with E-state index in [-0.39, 0.29) is 22.0 Å². The summed E-state index contributed by atoms with van der Waals surface area (Å²) in [6.07, 6.45) is 0.822. The fourth-order valence-electron chi connectivity index (χ4n) is 1.48. The summed E-state index contributed by atoms with van der Waals surface area (Å²) >= 11 is 4.83. The van der Waals surface area contributed by atoms with Crippen molar-refractivity contribution in [2.45, 2.75) is 0 Å². The number of benzene rings is 1. The minimum atomic E-state index is -4.11. The number of sulfonamides is 1. The van der Waals surface area contributed by atoms with E-state index >= 15 is 0 Å². The van der Waals surface area contributed by atoms with E-state index in [2.05, 4.69) is 4.72 Å². The number of thiocarbonyl (C=S) groups is 1. The molecule has 0 unspecified atom stereocenters. The van der Waals surface area contributed by atoms with Gasteiger partial charge in [0.1, 0.15) is 16.4 Å². The zero-order valence-corrected chi connectivity index (χ0v) is 13.2. The molecule has 20 heavy (non-hydrogen) atoms. The molecule has 0 aliphatic heterocycles. The molecule has 1 aromatic rings. The number of sulfone groups is 1. The lowest BCUT2D eigenvalue weighted by atomic mass is 10.1. The molecule has 0 amide bonds. The average molecular weight is 338 g/mol. The van der Waals surface area contributed by atoms with Crippen LogP contribution in [0.3, 0.4) is 0 Å². The van der Waals surface area contributed by atoms with Crippen LogP contribution in [-0.4, -0.2) is 40.3 Å². The number of hydrogen-bond donors (Lipinski definition) is 2. The first kappa shape index (κ1) is 16.7. The van der Waals surface area contributed by atoms with Crippen molar-refractivity contribution in [3.63, 3.8) is 0 Å². The molecule has 7 nitrogen and oxygen atoms in total. The number of methoxy groups -OCH3 is 1. The van der Waals surface area contributed by atoms with Gasteiger partial charge in [0.2, 0.25) is 10.0 Å². The Morgan fingerprint density at radius 2 is 1.95 bits per heavy atom. The standard InChI is InChI=1S/C10H14N2O5S3/c1-17-8-5-3-4-7(10(11)18)9(8)12-20(15,16)6-19(2,13)14/h3-5,12H,6H2,1-2H3,(H2,11,18). The Hall–Kier alpha value is -1.39. The Morgan fingerprint density at radius 3 is 2.40 bits per heavy atom. The molecule has 0 heterocycles.